The Morgan fingerprint density at radius 2 is 1.95 bits per heavy atom. The van der Waals surface area contributed by atoms with Crippen molar-refractivity contribution in [2.45, 2.75) is 31.7 Å². The SMILES string of the molecule is O=C(NC1CCN(c2ccc([N+](=O)[O-])cc2F)CC1)C1CC1. The molecule has 7 heteroatoms. The van der Waals surface area contributed by atoms with Crippen molar-refractivity contribution in [3.8, 4) is 0 Å². The van der Waals surface area contributed by atoms with E-state index in [4.69, 9.17) is 0 Å². The van der Waals surface area contributed by atoms with Crippen LogP contribution in [0.2, 0.25) is 0 Å². The second-order valence-corrected chi connectivity index (χ2v) is 5.94. The smallest absolute Gasteiger partial charge is 0.272 e. The minimum Gasteiger partial charge on any atom is -0.369 e. The molecule has 1 aliphatic heterocycles. The summed E-state index contributed by atoms with van der Waals surface area (Å²) >= 11 is 0. The molecule has 1 N–H and O–H groups in total. The Labute approximate surface area is 127 Å². The zero-order valence-electron chi connectivity index (χ0n) is 12.1. The van der Waals surface area contributed by atoms with Gasteiger partial charge < -0.3 is 10.2 Å². The summed E-state index contributed by atoms with van der Waals surface area (Å²) in [6.45, 7) is 1.26. The lowest BCUT2D eigenvalue weighted by molar-refractivity contribution is -0.385. The predicted molar refractivity (Wildman–Crippen MR) is 79.2 cm³/mol. The first-order valence-corrected chi connectivity index (χ1v) is 7.54. The van der Waals surface area contributed by atoms with E-state index in [-0.39, 0.29) is 23.6 Å². The molecule has 0 bridgehead atoms. The van der Waals surface area contributed by atoms with E-state index in [1.165, 1.54) is 12.1 Å². The van der Waals surface area contributed by atoms with Crippen LogP contribution in [-0.2, 0) is 4.79 Å². The van der Waals surface area contributed by atoms with Gasteiger partial charge in [0.25, 0.3) is 5.69 Å². The average Bonchev–Trinajstić information content (AvgIpc) is 3.33. The second-order valence-electron chi connectivity index (χ2n) is 5.94. The van der Waals surface area contributed by atoms with Gasteiger partial charge in [0.05, 0.1) is 16.7 Å². The van der Waals surface area contributed by atoms with Crippen molar-refractivity contribution < 1.29 is 14.1 Å². The van der Waals surface area contributed by atoms with Crippen molar-refractivity contribution in [1.82, 2.24) is 5.32 Å². The van der Waals surface area contributed by atoms with Crippen LogP contribution in [0.4, 0.5) is 15.8 Å². The van der Waals surface area contributed by atoms with Crippen molar-refractivity contribution in [3.63, 3.8) is 0 Å². The average molecular weight is 307 g/mol. The maximum absolute atomic E-state index is 14.0. The number of carbonyl (C=O) groups is 1. The Kier molecular flexibility index (Phi) is 3.96. The van der Waals surface area contributed by atoms with Crippen LogP contribution in [0.25, 0.3) is 0 Å². The molecule has 118 valence electrons. The molecule has 2 aliphatic rings. The van der Waals surface area contributed by atoms with Crippen molar-refractivity contribution in [1.29, 1.82) is 0 Å². The van der Waals surface area contributed by atoms with Crippen molar-refractivity contribution in [2.24, 2.45) is 5.92 Å². The van der Waals surface area contributed by atoms with Gasteiger partial charge in [-0.05, 0) is 31.7 Å². The van der Waals surface area contributed by atoms with Crippen LogP contribution < -0.4 is 10.2 Å². The molecular formula is C15H18FN3O3. The van der Waals surface area contributed by atoms with Gasteiger partial charge in [0, 0.05) is 31.1 Å². The minimum absolute atomic E-state index is 0.139. The Morgan fingerprint density at radius 1 is 1.27 bits per heavy atom. The van der Waals surface area contributed by atoms with Crippen LogP contribution in [0.15, 0.2) is 18.2 Å². The number of nitro groups is 1. The molecule has 22 heavy (non-hydrogen) atoms. The lowest BCUT2D eigenvalue weighted by atomic mass is 10.0. The third kappa shape index (κ3) is 3.18. The highest BCUT2D eigenvalue weighted by molar-refractivity contribution is 5.81. The third-order valence-corrected chi connectivity index (χ3v) is 4.27. The molecule has 1 saturated carbocycles. The van der Waals surface area contributed by atoms with Gasteiger partial charge in [0.15, 0.2) is 5.82 Å². The van der Waals surface area contributed by atoms with E-state index in [2.05, 4.69) is 5.32 Å². The van der Waals surface area contributed by atoms with Crippen LogP contribution in [0, 0.1) is 21.8 Å². The number of anilines is 1. The normalized spacial score (nSPS) is 19.0. The maximum Gasteiger partial charge on any atom is 0.272 e. The standard InChI is InChI=1S/C15H18FN3O3/c16-13-9-12(19(21)22)3-4-14(13)18-7-5-11(6-8-18)17-15(20)10-1-2-10/h3-4,9-11H,1-2,5-8H2,(H,17,20). The molecule has 3 rings (SSSR count). The molecule has 1 aromatic rings. The number of amides is 1. The van der Waals surface area contributed by atoms with E-state index in [9.17, 15) is 19.3 Å². The van der Waals surface area contributed by atoms with Gasteiger partial charge in [-0.15, -0.1) is 0 Å². The number of nitrogens with zero attached hydrogens (tertiary/aromatic N) is 2. The fourth-order valence-corrected chi connectivity index (χ4v) is 2.80. The summed E-state index contributed by atoms with van der Waals surface area (Å²) in [4.78, 5) is 23.6. The van der Waals surface area contributed by atoms with E-state index in [0.717, 1.165) is 31.7 Å². The Bertz CT molecular complexity index is 596. The topological polar surface area (TPSA) is 75.5 Å². The van der Waals surface area contributed by atoms with Gasteiger partial charge in [-0.1, -0.05) is 0 Å². The first-order valence-electron chi connectivity index (χ1n) is 7.54. The first-order chi connectivity index (χ1) is 10.5. The number of rotatable bonds is 4. The van der Waals surface area contributed by atoms with Gasteiger partial charge in [-0.3, -0.25) is 14.9 Å². The molecule has 0 unspecified atom stereocenters. The van der Waals surface area contributed by atoms with Gasteiger partial charge in [0.2, 0.25) is 5.91 Å². The van der Waals surface area contributed by atoms with E-state index in [0.29, 0.717) is 18.8 Å². The molecule has 1 saturated heterocycles. The van der Waals surface area contributed by atoms with Gasteiger partial charge in [-0.2, -0.15) is 0 Å². The van der Waals surface area contributed by atoms with Crippen LogP contribution in [-0.4, -0.2) is 30.0 Å². The number of nitro benzene ring substituents is 1. The van der Waals surface area contributed by atoms with Crippen LogP contribution >= 0.6 is 0 Å². The second kappa shape index (κ2) is 5.90. The number of benzene rings is 1. The largest absolute Gasteiger partial charge is 0.369 e. The summed E-state index contributed by atoms with van der Waals surface area (Å²) < 4.78 is 14.0. The third-order valence-electron chi connectivity index (χ3n) is 4.27. The molecule has 6 nitrogen and oxygen atoms in total. The highest BCUT2D eigenvalue weighted by Crippen LogP contribution is 2.30. The highest BCUT2D eigenvalue weighted by atomic mass is 19.1. The molecule has 1 heterocycles. The zero-order chi connectivity index (χ0) is 15.7. The lowest BCUT2D eigenvalue weighted by Crippen LogP contribution is -2.45. The lowest BCUT2D eigenvalue weighted by Gasteiger charge is -2.34. The molecule has 0 atom stereocenters. The fourth-order valence-electron chi connectivity index (χ4n) is 2.80. The summed E-state index contributed by atoms with van der Waals surface area (Å²) in [5.41, 5.74) is 0.144. The van der Waals surface area contributed by atoms with Crippen molar-refractivity contribution in [3.05, 3.63) is 34.1 Å². The molecule has 1 amide bonds. The van der Waals surface area contributed by atoms with Crippen LogP contribution in [0.5, 0.6) is 0 Å². The number of hydrogen-bond acceptors (Lipinski definition) is 4. The predicted octanol–water partition coefficient (Wildman–Crippen LogP) is 2.23. The van der Waals surface area contributed by atoms with Crippen LogP contribution in [0.1, 0.15) is 25.7 Å². The van der Waals surface area contributed by atoms with E-state index >= 15 is 0 Å². The number of halogens is 1. The fraction of sp³-hybridized carbons (Fsp3) is 0.533. The first kappa shape index (κ1) is 14.7. The molecule has 2 fully saturated rings. The molecular weight excluding hydrogens is 289 g/mol. The van der Waals surface area contributed by atoms with E-state index < -0.39 is 10.7 Å². The minimum atomic E-state index is -0.605. The number of carbonyl (C=O) groups excluding carboxylic acids is 1. The molecule has 0 spiro atoms. The molecule has 1 aromatic carbocycles. The van der Waals surface area contributed by atoms with Gasteiger partial charge in [0.1, 0.15) is 0 Å². The number of non-ortho nitro benzene ring substituents is 1. The van der Waals surface area contributed by atoms with Crippen molar-refractivity contribution >= 4 is 17.3 Å². The maximum atomic E-state index is 14.0. The van der Waals surface area contributed by atoms with Crippen LogP contribution in [0.3, 0.4) is 0 Å². The summed E-state index contributed by atoms with van der Waals surface area (Å²) in [6.07, 6.45) is 3.49. The quantitative estimate of drug-likeness (QED) is 0.683. The van der Waals surface area contributed by atoms with Crippen molar-refractivity contribution in [2.75, 3.05) is 18.0 Å². The Hall–Kier alpha value is -2.18. The Morgan fingerprint density at radius 3 is 2.50 bits per heavy atom. The summed E-state index contributed by atoms with van der Waals surface area (Å²) in [5.74, 6) is -0.236. The molecule has 1 aliphatic carbocycles. The van der Waals surface area contributed by atoms with Gasteiger partial charge in [-0.25, -0.2) is 4.39 Å². The number of piperidine rings is 1. The molecule has 0 aromatic heterocycles. The summed E-state index contributed by atoms with van der Waals surface area (Å²) in [7, 11) is 0. The molecule has 0 radical (unpaired) electrons. The summed E-state index contributed by atoms with van der Waals surface area (Å²) in [6, 6.07) is 3.87. The summed E-state index contributed by atoms with van der Waals surface area (Å²) in [5, 5.41) is 13.7. The zero-order valence-corrected chi connectivity index (χ0v) is 12.1. The monoisotopic (exact) mass is 307 g/mol. The van der Waals surface area contributed by atoms with Gasteiger partial charge >= 0.3 is 0 Å². The van der Waals surface area contributed by atoms with E-state index in [1.807, 2.05) is 4.90 Å². The van der Waals surface area contributed by atoms with E-state index in [1.54, 1.807) is 0 Å². The number of nitrogens with one attached hydrogen (secondary N) is 1. The Balaban J connectivity index is 1.58. The number of hydrogen-bond donors (Lipinski definition) is 1. The highest BCUT2D eigenvalue weighted by Gasteiger charge is 2.32.